The molecule has 0 saturated carbocycles. The van der Waals surface area contributed by atoms with E-state index in [9.17, 15) is 9.59 Å². The van der Waals surface area contributed by atoms with E-state index in [1.807, 2.05) is 6.92 Å². The summed E-state index contributed by atoms with van der Waals surface area (Å²) in [5.41, 5.74) is 4.05. The third kappa shape index (κ3) is 3.74. The van der Waals surface area contributed by atoms with Crippen LogP contribution in [0, 0.1) is 6.92 Å². The summed E-state index contributed by atoms with van der Waals surface area (Å²) >= 11 is 0. The zero-order chi connectivity index (χ0) is 20.3. The number of amides is 3. The molecule has 0 aliphatic carbocycles. The van der Waals surface area contributed by atoms with Crippen LogP contribution < -0.4 is 20.0 Å². The average molecular weight is 385 g/mol. The van der Waals surface area contributed by atoms with Crippen molar-refractivity contribution in [3.8, 4) is 5.75 Å². The normalized spacial score (nSPS) is 13.4. The lowest BCUT2D eigenvalue weighted by molar-refractivity contribution is 0.0364. The summed E-state index contributed by atoms with van der Waals surface area (Å²) in [5, 5.41) is 0. The van der Waals surface area contributed by atoms with Crippen molar-refractivity contribution in [2.24, 2.45) is 0 Å². The summed E-state index contributed by atoms with van der Waals surface area (Å²) in [6.45, 7) is 6.54. The van der Waals surface area contributed by atoms with Gasteiger partial charge in [0.15, 0.2) is 0 Å². The number of hydroxylamine groups is 1. The lowest BCUT2D eigenvalue weighted by Gasteiger charge is -2.35. The molecule has 0 spiro atoms. The number of ether oxygens (including phenoxy) is 1. The minimum atomic E-state index is -0.418. The molecule has 3 amide bonds. The second-order valence-corrected chi connectivity index (χ2v) is 6.16. The van der Waals surface area contributed by atoms with E-state index in [-0.39, 0.29) is 6.03 Å². The first kappa shape index (κ1) is 19.6. The Kier molecular flexibility index (Phi) is 5.74. The molecule has 148 valence electrons. The number of methoxy groups -OCH3 is 1. The van der Waals surface area contributed by atoms with Crippen molar-refractivity contribution in [2.45, 2.75) is 27.3 Å². The lowest BCUT2D eigenvalue weighted by Crippen LogP contribution is -2.48. The van der Waals surface area contributed by atoms with Crippen LogP contribution >= 0.6 is 0 Å². The maximum Gasteiger partial charge on any atom is 0.330 e. The number of nitrogens with one attached hydrogen (secondary N) is 1. The largest absolute Gasteiger partial charge is 0.497 e. The molecular weight excluding hydrogens is 362 g/mol. The first-order valence-corrected chi connectivity index (χ1v) is 9.01. The molecular formula is C19H23N5O4. The molecule has 2 heterocycles. The van der Waals surface area contributed by atoms with Gasteiger partial charge in [0.05, 0.1) is 25.9 Å². The molecule has 0 saturated heterocycles. The molecule has 0 fully saturated rings. The van der Waals surface area contributed by atoms with Crippen LogP contribution in [-0.2, 0) is 11.4 Å². The summed E-state index contributed by atoms with van der Waals surface area (Å²) in [5.74, 6) is 1.27. The SMILES string of the molecule is CCONC(=O)c1cc(OC)cc(N2Cc3cnc(C)nc3N(CC)C2=O)c1. The van der Waals surface area contributed by atoms with E-state index in [4.69, 9.17) is 9.57 Å². The number of hydrogen-bond acceptors (Lipinski definition) is 6. The number of urea groups is 1. The van der Waals surface area contributed by atoms with Gasteiger partial charge in [0.25, 0.3) is 5.91 Å². The highest BCUT2D eigenvalue weighted by Gasteiger charge is 2.32. The van der Waals surface area contributed by atoms with E-state index in [0.717, 1.165) is 5.56 Å². The number of benzene rings is 1. The topological polar surface area (TPSA) is 96.9 Å². The van der Waals surface area contributed by atoms with Gasteiger partial charge in [-0.3, -0.25) is 19.4 Å². The Morgan fingerprint density at radius 3 is 2.75 bits per heavy atom. The van der Waals surface area contributed by atoms with Gasteiger partial charge >= 0.3 is 6.03 Å². The molecule has 1 aliphatic rings. The van der Waals surface area contributed by atoms with Gasteiger partial charge in [0.2, 0.25) is 0 Å². The highest BCUT2D eigenvalue weighted by atomic mass is 16.6. The fraction of sp³-hybridized carbons (Fsp3) is 0.368. The molecule has 0 bridgehead atoms. The van der Waals surface area contributed by atoms with Crippen molar-refractivity contribution in [3.05, 3.63) is 41.3 Å². The van der Waals surface area contributed by atoms with E-state index in [1.54, 1.807) is 48.0 Å². The minimum Gasteiger partial charge on any atom is -0.497 e. The summed E-state index contributed by atoms with van der Waals surface area (Å²) in [4.78, 5) is 42.2. The van der Waals surface area contributed by atoms with Crippen molar-refractivity contribution in [2.75, 3.05) is 30.1 Å². The van der Waals surface area contributed by atoms with Crippen molar-refractivity contribution < 1.29 is 19.2 Å². The molecule has 0 atom stereocenters. The highest BCUT2D eigenvalue weighted by Crippen LogP contribution is 2.32. The summed E-state index contributed by atoms with van der Waals surface area (Å²) in [7, 11) is 1.51. The minimum absolute atomic E-state index is 0.225. The van der Waals surface area contributed by atoms with Gasteiger partial charge in [-0.25, -0.2) is 20.2 Å². The summed E-state index contributed by atoms with van der Waals surface area (Å²) < 4.78 is 5.32. The Hall–Kier alpha value is -3.20. The van der Waals surface area contributed by atoms with Gasteiger partial charge in [-0.05, 0) is 32.9 Å². The molecule has 3 rings (SSSR count). The predicted octanol–water partition coefficient (Wildman–Crippen LogP) is 2.44. The Labute approximate surface area is 163 Å². The molecule has 2 aromatic rings. The highest BCUT2D eigenvalue weighted by molar-refractivity contribution is 6.06. The van der Waals surface area contributed by atoms with Gasteiger partial charge in [-0.1, -0.05) is 0 Å². The molecule has 9 nitrogen and oxygen atoms in total. The molecule has 1 aromatic carbocycles. The third-order valence-electron chi connectivity index (χ3n) is 4.33. The van der Waals surface area contributed by atoms with Gasteiger partial charge in [0, 0.05) is 29.9 Å². The maximum absolute atomic E-state index is 13.1. The summed E-state index contributed by atoms with van der Waals surface area (Å²) in [6, 6.07) is 4.70. The van der Waals surface area contributed by atoms with Gasteiger partial charge in [-0.2, -0.15) is 0 Å². The van der Waals surface area contributed by atoms with E-state index in [1.165, 1.54) is 7.11 Å². The Morgan fingerprint density at radius 2 is 2.07 bits per heavy atom. The Bertz CT molecular complexity index is 902. The monoisotopic (exact) mass is 385 g/mol. The Morgan fingerprint density at radius 1 is 1.29 bits per heavy atom. The van der Waals surface area contributed by atoms with Crippen molar-refractivity contribution in [3.63, 3.8) is 0 Å². The smallest absolute Gasteiger partial charge is 0.330 e. The lowest BCUT2D eigenvalue weighted by atomic mass is 10.1. The van der Waals surface area contributed by atoms with Crippen molar-refractivity contribution in [1.29, 1.82) is 0 Å². The first-order valence-electron chi connectivity index (χ1n) is 9.01. The van der Waals surface area contributed by atoms with Crippen LogP contribution in [0.3, 0.4) is 0 Å². The quantitative estimate of drug-likeness (QED) is 0.767. The molecule has 0 unspecified atom stereocenters. The molecule has 1 aliphatic heterocycles. The van der Waals surface area contributed by atoms with E-state index in [2.05, 4.69) is 15.4 Å². The Balaban J connectivity index is 2.01. The second-order valence-electron chi connectivity index (χ2n) is 6.16. The zero-order valence-corrected chi connectivity index (χ0v) is 16.4. The third-order valence-corrected chi connectivity index (χ3v) is 4.33. The van der Waals surface area contributed by atoms with Crippen LogP contribution in [0.15, 0.2) is 24.4 Å². The van der Waals surface area contributed by atoms with Gasteiger partial charge in [0.1, 0.15) is 17.4 Å². The van der Waals surface area contributed by atoms with Crippen LogP contribution in [0.5, 0.6) is 5.75 Å². The number of fused-ring (bicyclic) bond motifs is 1. The number of rotatable bonds is 6. The molecule has 0 radical (unpaired) electrons. The number of nitrogens with zero attached hydrogens (tertiary/aromatic N) is 4. The zero-order valence-electron chi connectivity index (χ0n) is 16.4. The number of aromatic nitrogens is 2. The van der Waals surface area contributed by atoms with Gasteiger partial charge in [-0.15, -0.1) is 0 Å². The van der Waals surface area contributed by atoms with Crippen LogP contribution in [0.4, 0.5) is 16.3 Å². The number of aryl methyl sites for hydroxylation is 1. The number of anilines is 2. The number of carbonyl (C=O) groups is 2. The fourth-order valence-electron chi connectivity index (χ4n) is 2.97. The van der Waals surface area contributed by atoms with E-state index >= 15 is 0 Å². The second kappa shape index (κ2) is 8.22. The molecule has 1 N–H and O–H groups in total. The maximum atomic E-state index is 13.1. The van der Waals surface area contributed by atoms with E-state index in [0.29, 0.717) is 48.3 Å². The number of hydrogen-bond donors (Lipinski definition) is 1. The molecule has 1 aromatic heterocycles. The first-order chi connectivity index (χ1) is 13.5. The fourth-order valence-corrected chi connectivity index (χ4v) is 2.97. The van der Waals surface area contributed by atoms with Crippen LogP contribution in [0.2, 0.25) is 0 Å². The van der Waals surface area contributed by atoms with Crippen LogP contribution in [0.1, 0.15) is 35.6 Å². The number of carbonyl (C=O) groups excluding carboxylic acids is 2. The molecule has 28 heavy (non-hydrogen) atoms. The van der Waals surface area contributed by atoms with Crippen LogP contribution in [-0.4, -0.2) is 42.2 Å². The van der Waals surface area contributed by atoms with Crippen molar-refractivity contribution in [1.82, 2.24) is 15.4 Å². The molecule has 9 heteroatoms. The standard InChI is InChI=1S/C19H23N5O4/c1-5-23-17-14(10-20-12(3)21-17)11-24(19(23)26)15-7-13(8-16(9-15)27-4)18(25)22-28-6-2/h7-10H,5-6,11H2,1-4H3,(H,22,25). The summed E-state index contributed by atoms with van der Waals surface area (Å²) in [6.07, 6.45) is 1.72. The van der Waals surface area contributed by atoms with Crippen LogP contribution in [0.25, 0.3) is 0 Å². The van der Waals surface area contributed by atoms with E-state index < -0.39 is 5.91 Å². The predicted molar refractivity (Wildman–Crippen MR) is 103 cm³/mol. The average Bonchev–Trinajstić information content (AvgIpc) is 2.71. The van der Waals surface area contributed by atoms with Crippen molar-refractivity contribution >= 4 is 23.4 Å². The van der Waals surface area contributed by atoms with Gasteiger partial charge < -0.3 is 4.74 Å².